The summed E-state index contributed by atoms with van der Waals surface area (Å²) in [7, 11) is 0. The molecule has 2 aromatic carbocycles. The zero-order chi connectivity index (χ0) is 23.1. The molecule has 0 N–H and O–H groups in total. The molecule has 0 aliphatic rings. The fourth-order valence-electron chi connectivity index (χ4n) is 3.92. The number of aromatic nitrogens is 6. The van der Waals surface area contributed by atoms with Gasteiger partial charge in [-0.2, -0.15) is 4.98 Å². The lowest BCUT2D eigenvalue weighted by Gasteiger charge is -2.14. The fourth-order valence-corrected chi connectivity index (χ4v) is 4.80. The number of hydrogen-bond donors (Lipinski definition) is 0. The van der Waals surface area contributed by atoms with Gasteiger partial charge < -0.3 is 4.52 Å². The van der Waals surface area contributed by atoms with Crippen molar-refractivity contribution in [3.63, 3.8) is 0 Å². The molecule has 0 amide bonds. The Bertz CT molecular complexity index is 1530. The molecule has 168 valence electrons. The molecule has 0 bridgehead atoms. The van der Waals surface area contributed by atoms with Crippen LogP contribution in [-0.4, -0.2) is 29.3 Å². The Labute approximate surface area is 194 Å². The minimum atomic E-state index is -0.129. The topological polar surface area (TPSA) is 91.1 Å². The van der Waals surface area contributed by atoms with Gasteiger partial charge in [-0.1, -0.05) is 48.1 Å². The molecule has 0 aliphatic heterocycles. The number of rotatable bonds is 6. The van der Waals surface area contributed by atoms with E-state index in [9.17, 15) is 4.79 Å². The van der Waals surface area contributed by atoms with Crippen molar-refractivity contribution in [1.82, 2.24) is 29.3 Å². The summed E-state index contributed by atoms with van der Waals surface area (Å²) in [6.45, 7) is 8.13. The molecule has 0 spiro atoms. The summed E-state index contributed by atoms with van der Waals surface area (Å²) in [5.41, 5.74) is 3.57. The van der Waals surface area contributed by atoms with Crippen molar-refractivity contribution in [3.8, 4) is 5.69 Å². The van der Waals surface area contributed by atoms with Crippen LogP contribution in [0.5, 0.6) is 0 Å². The predicted molar refractivity (Wildman–Crippen MR) is 128 cm³/mol. The van der Waals surface area contributed by atoms with E-state index in [4.69, 9.17) is 4.52 Å². The van der Waals surface area contributed by atoms with Crippen molar-refractivity contribution in [2.24, 2.45) is 0 Å². The summed E-state index contributed by atoms with van der Waals surface area (Å²) in [6, 6.07) is 13.5. The van der Waals surface area contributed by atoms with Crippen LogP contribution in [0.2, 0.25) is 0 Å². The molecule has 9 heteroatoms. The minimum absolute atomic E-state index is 0.120. The molecule has 33 heavy (non-hydrogen) atoms. The monoisotopic (exact) mass is 460 g/mol. The van der Waals surface area contributed by atoms with E-state index < -0.39 is 0 Å². The van der Waals surface area contributed by atoms with E-state index in [1.54, 1.807) is 4.57 Å². The van der Waals surface area contributed by atoms with E-state index in [1.807, 2.05) is 67.6 Å². The number of aryl methyl sites for hydroxylation is 2. The zero-order valence-corrected chi connectivity index (χ0v) is 19.8. The van der Waals surface area contributed by atoms with Crippen molar-refractivity contribution >= 4 is 28.4 Å². The second kappa shape index (κ2) is 8.47. The summed E-state index contributed by atoms with van der Waals surface area (Å²) in [5.74, 6) is 1.73. The molecule has 0 saturated carbocycles. The van der Waals surface area contributed by atoms with E-state index in [-0.39, 0.29) is 10.8 Å². The first-order valence-electron chi connectivity index (χ1n) is 10.9. The van der Waals surface area contributed by atoms with E-state index in [2.05, 4.69) is 27.3 Å². The smallest absolute Gasteiger partial charge is 0.267 e. The maximum Gasteiger partial charge on any atom is 0.267 e. The number of nitrogens with zero attached hydrogens (tertiary/aromatic N) is 6. The first-order valence-corrected chi connectivity index (χ1v) is 11.8. The van der Waals surface area contributed by atoms with E-state index in [1.165, 1.54) is 11.8 Å². The Balaban J connectivity index is 1.70. The Morgan fingerprint density at radius 2 is 1.91 bits per heavy atom. The van der Waals surface area contributed by atoms with Gasteiger partial charge >= 0.3 is 0 Å². The number of benzene rings is 2. The van der Waals surface area contributed by atoms with Crippen LogP contribution >= 0.6 is 11.8 Å². The summed E-state index contributed by atoms with van der Waals surface area (Å²) < 4.78 is 9.06. The fraction of sp³-hybridized carbons (Fsp3) is 0.292. The Morgan fingerprint density at radius 1 is 1.09 bits per heavy atom. The van der Waals surface area contributed by atoms with Crippen LogP contribution in [0.4, 0.5) is 0 Å². The van der Waals surface area contributed by atoms with Crippen molar-refractivity contribution in [2.45, 2.75) is 50.9 Å². The second-order valence-electron chi connectivity index (χ2n) is 8.05. The lowest BCUT2D eigenvalue weighted by molar-refractivity contribution is 0.374. The van der Waals surface area contributed by atoms with Gasteiger partial charge in [0.05, 0.1) is 21.8 Å². The van der Waals surface area contributed by atoms with Crippen molar-refractivity contribution in [1.29, 1.82) is 0 Å². The highest BCUT2D eigenvalue weighted by Crippen LogP contribution is 2.34. The molecule has 5 rings (SSSR count). The van der Waals surface area contributed by atoms with Crippen molar-refractivity contribution < 1.29 is 4.52 Å². The van der Waals surface area contributed by atoms with Crippen molar-refractivity contribution in [3.05, 3.63) is 75.7 Å². The lowest BCUT2D eigenvalue weighted by Crippen LogP contribution is -2.22. The molecule has 0 fully saturated rings. The van der Waals surface area contributed by atoms with Gasteiger partial charge in [0, 0.05) is 6.42 Å². The number of para-hydroxylation sites is 1. The summed E-state index contributed by atoms with van der Waals surface area (Å²) >= 11 is 1.47. The van der Waals surface area contributed by atoms with Crippen LogP contribution in [0, 0.1) is 13.8 Å². The molecule has 0 aliphatic carbocycles. The number of hydrogen-bond acceptors (Lipinski definition) is 7. The van der Waals surface area contributed by atoms with Crippen LogP contribution < -0.4 is 5.56 Å². The third kappa shape index (κ3) is 3.62. The highest BCUT2D eigenvalue weighted by molar-refractivity contribution is 7.99. The van der Waals surface area contributed by atoms with Gasteiger partial charge in [-0.15, -0.1) is 10.2 Å². The number of thioether (sulfide) groups is 1. The summed E-state index contributed by atoms with van der Waals surface area (Å²) in [4.78, 5) is 18.1. The quantitative estimate of drug-likeness (QED) is 0.335. The van der Waals surface area contributed by atoms with Gasteiger partial charge in [-0.3, -0.25) is 9.20 Å². The first kappa shape index (κ1) is 21.4. The summed E-state index contributed by atoms with van der Waals surface area (Å²) in [6.07, 6.45) is 1.73. The Hall–Kier alpha value is -3.46. The van der Waals surface area contributed by atoms with E-state index >= 15 is 0 Å². The van der Waals surface area contributed by atoms with Gasteiger partial charge in [0.1, 0.15) is 0 Å². The van der Waals surface area contributed by atoms with E-state index in [0.717, 1.165) is 35.2 Å². The molecular formula is C24H24N6O2S. The molecule has 3 heterocycles. The van der Waals surface area contributed by atoms with Gasteiger partial charge in [-0.25, -0.2) is 4.57 Å². The first-order chi connectivity index (χ1) is 16.0. The Kier molecular flexibility index (Phi) is 5.49. The van der Waals surface area contributed by atoms with Gasteiger partial charge in [0.15, 0.2) is 11.0 Å². The standard InChI is InChI=1S/C24H24N6O2S/c1-5-9-20-25-21(32-28-20)16(4)33-24-27-26-23-29(18-13-8-10-14(2)15(18)3)22(31)17-11-6-7-12-19(17)30(23)24/h6-8,10-13,16H,5,9H2,1-4H3. The average Bonchev–Trinajstić information content (AvgIpc) is 3.45. The molecule has 3 aromatic heterocycles. The third-order valence-corrected chi connectivity index (χ3v) is 6.83. The zero-order valence-electron chi connectivity index (χ0n) is 18.9. The second-order valence-corrected chi connectivity index (χ2v) is 9.36. The molecule has 0 radical (unpaired) electrons. The van der Waals surface area contributed by atoms with E-state index in [0.29, 0.717) is 28.0 Å². The van der Waals surface area contributed by atoms with Crippen LogP contribution in [0.25, 0.3) is 22.4 Å². The molecule has 0 saturated heterocycles. The largest absolute Gasteiger partial charge is 0.338 e. The maximum absolute atomic E-state index is 13.6. The normalized spacial score (nSPS) is 12.6. The van der Waals surface area contributed by atoms with Crippen LogP contribution in [0.3, 0.4) is 0 Å². The van der Waals surface area contributed by atoms with Crippen molar-refractivity contribution in [2.75, 3.05) is 0 Å². The molecule has 5 aromatic rings. The maximum atomic E-state index is 13.6. The van der Waals surface area contributed by atoms with Gasteiger partial charge in [-0.05, 0) is 56.5 Å². The van der Waals surface area contributed by atoms with Crippen LogP contribution in [0.1, 0.15) is 48.4 Å². The van der Waals surface area contributed by atoms with Crippen LogP contribution in [-0.2, 0) is 6.42 Å². The lowest BCUT2D eigenvalue weighted by atomic mass is 10.1. The third-order valence-electron chi connectivity index (χ3n) is 5.80. The molecule has 1 unspecified atom stereocenters. The average molecular weight is 461 g/mol. The summed E-state index contributed by atoms with van der Waals surface area (Å²) in [5, 5.41) is 14.1. The van der Waals surface area contributed by atoms with Gasteiger partial charge in [0.2, 0.25) is 11.7 Å². The number of fused-ring (bicyclic) bond motifs is 3. The minimum Gasteiger partial charge on any atom is -0.338 e. The predicted octanol–water partition coefficient (Wildman–Crippen LogP) is 4.84. The van der Waals surface area contributed by atoms with Gasteiger partial charge in [0.25, 0.3) is 5.56 Å². The SMILES string of the molecule is CCCc1noc(C(C)Sc2nnc3n(-c4cccc(C)c4C)c(=O)c4ccccc4n23)n1. The highest BCUT2D eigenvalue weighted by atomic mass is 32.2. The Morgan fingerprint density at radius 3 is 2.73 bits per heavy atom. The molecule has 8 nitrogen and oxygen atoms in total. The molecule has 1 atom stereocenters. The highest BCUT2D eigenvalue weighted by Gasteiger charge is 2.23. The molecular weight excluding hydrogens is 436 g/mol. The van der Waals surface area contributed by atoms with Crippen LogP contribution in [0.15, 0.2) is 56.9 Å².